The fourth-order valence-corrected chi connectivity index (χ4v) is 4.21. The van der Waals surface area contributed by atoms with Crippen LogP contribution in [-0.4, -0.2) is 51.2 Å². The van der Waals surface area contributed by atoms with E-state index in [1.165, 1.54) is 40.0 Å². The Hall–Kier alpha value is -5.09. The summed E-state index contributed by atoms with van der Waals surface area (Å²) in [6, 6.07) is 4.27. The SMILES string of the molecule is COc1ccc([N+](=O)[O-])c(CCCN(Cc2c(Nc3cc(C(F)(F)F)c(F)cc3C(=O)O)ccc(F)c2F)C(=O)OC(C)(C)C)n1. The molecule has 3 aromatic rings. The van der Waals surface area contributed by atoms with Gasteiger partial charge in [0.05, 0.1) is 35.4 Å². The first-order chi connectivity index (χ1) is 21.3. The highest BCUT2D eigenvalue weighted by Crippen LogP contribution is 2.37. The number of carbonyl (C=O) groups excluding carboxylic acids is 1. The molecule has 0 unspecified atom stereocenters. The predicted molar refractivity (Wildman–Crippen MR) is 150 cm³/mol. The Morgan fingerprint density at radius 3 is 2.28 bits per heavy atom. The number of alkyl halides is 3. The molecule has 0 radical (unpaired) electrons. The average molecular weight is 659 g/mol. The molecule has 46 heavy (non-hydrogen) atoms. The maximum absolute atomic E-state index is 15.3. The highest BCUT2D eigenvalue weighted by molar-refractivity contribution is 5.95. The molecule has 248 valence electrons. The number of aromatic nitrogens is 1. The number of anilines is 2. The summed E-state index contributed by atoms with van der Waals surface area (Å²) in [4.78, 5) is 40.7. The number of rotatable bonds is 11. The van der Waals surface area contributed by atoms with Gasteiger partial charge in [0.15, 0.2) is 11.6 Å². The zero-order valence-corrected chi connectivity index (χ0v) is 24.8. The van der Waals surface area contributed by atoms with Gasteiger partial charge in [-0.15, -0.1) is 0 Å². The van der Waals surface area contributed by atoms with Crippen molar-refractivity contribution in [3.05, 3.63) is 86.3 Å². The van der Waals surface area contributed by atoms with Crippen molar-refractivity contribution in [3.8, 4) is 5.88 Å². The quantitative estimate of drug-likeness (QED) is 0.124. The third kappa shape index (κ3) is 8.76. The van der Waals surface area contributed by atoms with Crippen LogP contribution in [0, 0.1) is 27.6 Å². The molecule has 0 atom stereocenters. The molecular formula is C29H28F6N4O7. The minimum atomic E-state index is -5.23. The summed E-state index contributed by atoms with van der Waals surface area (Å²) in [6.07, 6.45) is -6.35. The van der Waals surface area contributed by atoms with Crippen molar-refractivity contribution in [2.75, 3.05) is 19.0 Å². The number of hydrogen-bond acceptors (Lipinski definition) is 8. The van der Waals surface area contributed by atoms with Gasteiger partial charge in [0.1, 0.15) is 17.1 Å². The largest absolute Gasteiger partial charge is 0.481 e. The Kier molecular flexibility index (Phi) is 10.7. The summed E-state index contributed by atoms with van der Waals surface area (Å²) in [5.74, 6) is -6.55. The van der Waals surface area contributed by atoms with E-state index in [-0.39, 0.29) is 48.8 Å². The molecule has 0 aliphatic heterocycles. The molecule has 0 bridgehead atoms. The number of nitro groups is 1. The van der Waals surface area contributed by atoms with E-state index in [9.17, 15) is 46.8 Å². The standard InChI is InChI=1S/C29H28F6N4O7/c1-28(2,3)46-27(42)38(11-5-6-21-23(39(43)44)9-10-24(37-21)45-4)14-16-20(8-7-18(30)25(16)32)36-22-13-17(29(33,34)35)19(31)12-15(22)26(40)41/h7-10,12-13,36H,5-6,11,14H2,1-4H3,(H,40,41). The Bertz CT molecular complexity index is 1640. The lowest BCUT2D eigenvalue weighted by molar-refractivity contribution is -0.386. The number of carboxylic acids is 1. The number of nitrogens with zero attached hydrogens (tertiary/aromatic N) is 3. The number of carboxylic acid groups (broad SMARTS) is 1. The second-order valence-electron chi connectivity index (χ2n) is 10.8. The fraction of sp³-hybridized carbons (Fsp3) is 0.345. The monoisotopic (exact) mass is 658 g/mol. The van der Waals surface area contributed by atoms with Crippen molar-refractivity contribution in [1.29, 1.82) is 0 Å². The van der Waals surface area contributed by atoms with Gasteiger partial charge in [0.25, 0.3) is 5.69 Å². The van der Waals surface area contributed by atoms with Crippen molar-refractivity contribution in [2.24, 2.45) is 0 Å². The number of hydrogen-bond donors (Lipinski definition) is 2. The zero-order valence-electron chi connectivity index (χ0n) is 24.8. The zero-order chi connectivity index (χ0) is 34.6. The summed E-state index contributed by atoms with van der Waals surface area (Å²) < 4.78 is 94.5. The number of pyridine rings is 1. The van der Waals surface area contributed by atoms with Crippen LogP contribution in [-0.2, 0) is 23.9 Å². The third-order valence-corrected chi connectivity index (χ3v) is 6.28. The van der Waals surface area contributed by atoms with Crippen LogP contribution in [0.4, 0.5) is 48.2 Å². The second-order valence-corrected chi connectivity index (χ2v) is 10.8. The van der Waals surface area contributed by atoms with Crippen LogP contribution in [0.5, 0.6) is 5.88 Å². The van der Waals surface area contributed by atoms with Crippen LogP contribution in [0.15, 0.2) is 36.4 Å². The van der Waals surface area contributed by atoms with E-state index in [2.05, 4.69) is 10.3 Å². The lowest BCUT2D eigenvalue weighted by Crippen LogP contribution is -2.37. The number of carbonyl (C=O) groups is 2. The van der Waals surface area contributed by atoms with Gasteiger partial charge in [-0.05, 0) is 57.9 Å². The van der Waals surface area contributed by atoms with Crippen LogP contribution in [0.2, 0.25) is 0 Å². The molecule has 3 rings (SSSR count). The lowest BCUT2D eigenvalue weighted by atomic mass is 10.1. The van der Waals surface area contributed by atoms with Crippen LogP contribution < -0.4 is 10.1 Å². The molecule has 2 N–H and O–H groups in total. The van der Waals surface area contributed by atoms with E-state index in [4.69, 9.17) is 9.47 Å². The molecule has 0 aliphatic carbocycles. The summed E-state index contributed by atoms with van der Waals surface area (Å²) >= 11 is 0. The molecule has 0 saturated heterocycles. The summed E-state index contributed by atoms with van der Waals surface area (Å²) in [5, 5.41) is 23.3. The van der Waals surface area contributed by atoms with E-state index in [1.54, 1.807) is 0 Å². The lowest BCUT2D eigenvalue weighted by Gasteiger charge is -2.28. The number of aromatic carboxylic acids is 1. The van der Waals surface area contributed by atoms with E-state index in [1.807, 2.05) is 0 Å². The van der Waals surface area contributed by atoms with Gasteiger partial charge < -0.3 is 24.8 Å². The van der Waals surface area contributed by atoms with Gasteiger partial charge in [-0.1, -0.05) is 0 Å². The van der Waals surface area contributed by atoms with Crippen molar-refractivity contribution in [1.82, 2.24) is 9.88 Å². The third-order valence-electron chi connectivity index (χ3n) is 6.28. The molecule has 0 saturated carbocycles. The normalized spacial score (nSPS) is 11.6. The molecule has 0 aliphatic rings. The fourth-order valence-electron chi connectivity index (χ4n) is 4.21. The number of amides is 1. The van der Waals surface area contributed by atoms with Gasteiger partial charge in [0.2, 0.25) is 5.88 Å². The molecule has 2 aromatic carbocycles. The maximum atomic E-state index is 15.3. The number of ether oxygens (including phenoxy) is 2. The number of aryl methyl sites for hydroxylation is 1. The van der Waals surface area contributed by atoms with Crippen molar-refractivity contribution in [3.63, 3.8) is 0 Å². The maximum Gasteiger partial charge on any atom is 0.419 e. The van der Waals surface area contributed by atoms with Crippen molar-refractivity contribution in [2.45, 2.75) is 51.9 Å². The second kappa shape index (κ2) is 13.9. The van der Waals surface area contributed by atoms with Crippen LogP contribution in [0.25, 0.3) is 0 Å². The number of benzene rings is 2. The number of halogens is 6. The van der Waals surface area contributed by atoms with Crippen molar-refractivity contribution >= 4 is 29.1 Å². The summed E-state index contributed by atoms with van der Waals surface area (Å²) in [6.45, 7) is 3.56. The molecule has 11 nitrogen and oxygen atoms in total. The number of nitrogens with one attached hydrogen (secondary N) is 1. The van der Waals surface area contributed by atoms with E-state index < -0.39 is 80.8 Å². The Morgan fingerprint density at radius 2 is 1.72 bits per heavy atom. The predicted octanol–water partition coefficient (Wildman–Crippen LogP) is 7.25. The Morgan fingerprint density at radius 1 is 1.04 bits per heavy atom. The first-order valence-corrected chi connectivity index (χ1v) is 13.4. The highest BCUT2D eigenvalue weighted by atomic mass is 19.4. The topological polar surface area (TPSA) is 144 Å². The highest BCUT2D eigenvalue weighted by Gasteiger charge is 2.36. The molecule has 17 heteroatoms. The molecular weight excluding hydrogens is 630 g/mol. The summed E-state index contributed by atoms with van der Waals surface area (Å²) in [7, 11) is 1.30. The molecule has 0 spiro atoms. The first-order valence-electron chi connectivity index (χ1n) is 13.4. The molecule has 1 aromatic heterocycles. The first kappa shape index (κ1) is 35.4. The van der Waals surface area contributed by atoms with Gasteiger partial charge in [-0.25, -0.2) is 27.7 Å². The van der Waals surface area contributed by atoms with Crippen LogP contribution in [0.3, 0.4) is 0 Å². The minimum Gasteiger partial charge on any atom is -0.481 e. The average Bonchev–Trinajstić information content (AvgIpc) is 2.94. The minimum absolute atomic E-state index is 0.00533. The molecule has 0 fully saturated rings. The summed E-state index contributed by atoms with van der Waals surface area (Å²) in [5.41, 5.74) is -6.02. The van der Waals surface area contributed by atoms with E-state index in [0.29, 0.717) is 6.07 Å². The number of methoxy groups -OCH3 is 1. The smallest absolute Gasteiger partial charge is 0.419 e. The van der Waals surface area contributed by atoms with Gasteiger partial charge in [-0.3, -0.25) is 10.1 Å². The molecule has 1 amide bonds. The van der Waals surface area contributed by atoms with Gasteiger partial charge in [0, 0.05) is 29.9 Å². The molecule has 1 heterocycles. The Balaban J connectivity index is 2.03. The van der Waals surface area contributed by atoms with Gasteiger partial charge >= 0.3 is 18.2 Å². The van der Waals surface area contributed by atoms with Crippen molar-refractivity contribution < 1.29 is 55.4 Å². The van der Waals surface area contributed by atoms with Crippen LogP contribution in [0.1, 0.15) is 54.4 Å². The van der Waals surface area contributed by atoms with E-state index in [0.717, 1.165) is 11.0 Å². The Labute approximate surface area is 257 Å². The van der Waals surface area contributed by atoms with Crippen LogP contribution >= 0.6 is 0 Å². The van der Waals surface area contributed by atoms with Gasteiger partial charge in [-0.2, -0.15) is 13.2 Å². The van der Waals surface area contributed by atoms with E-state index >= 15 is 4.39 Å².